The Hall–Kier alpha value is -0.650. The molecule has 0 saturated carbocycles. The van der Waals surface area contributed by atoms with E-state index in [1.165, 1.54) is 0 Å². The SMILES string of the molecule is O=C(O)CC1CCN(C2CCOC3(CCOC3)C2)C1. The van der Waals surface area contributed by atoms with Gasteiger partial charge in [0.05, 0.1) is 12.2 Å². The molecule has 108 valence electrons. The summed E-state index contributed by atoms with van der Waals surface area (Å²) in [5.41, 5.74) is -0.0478. The van der Waals surface area contributed by atoms with Crippen molar-refractivity contribution >= 4 is 5.97 Å². The first kappa shape index (κ1) is 13.3. The molecule has 3 aliphatic heterocycles. The molecule has 0 aromatic heterocycles. The summed E-state index contributed by atoms with van der Waals surface area (Å²) in [5.74, 6) is -0.337. The normalized spacial score (nSPS) is 40.0. The minimum atomic E-state index is -0.667. The number of aliphatic carboxylic acids is 1. The minimum Gasteiger partial charge on any atom is -0.481 e. The second-order valence-corrected chi connectivity index (χ2v) is 6.23. The molecule has 1 spiro atoms. The lowest BCUT2D eigenvalue weighted by atomic mass is 9.89. The maximum atomic E-state index is 10.8. The molecule has 0 aromatic carbocycles. The van der Waals surface area contributed by atoms with Crippen molar-refractivity contribution in [2.75, 3.05) is 32.9 Å². The average molecular weight is 269 g/mol. The van der Waals surface area contributed by atoms with Crippen molar-refractivity contribution in [1.82, 2.24) is 4.90 Å². The monoisotopic (exact) mass is 269 g/mol. The van der Waals surface area contributed by atoms with Crippen molar-refractivity contribution in [3.63, 3.8) is 0 Å². The minimum absolute atomic E-state index is 0.0478. The molecule has 5 heteroatoms. The molecule has 0 aromatic rings. The maximum Gasteiger partial charge on any atom is 0.303 e. The van der Waals surface area contributed by atoms with Gasteiger partial charge in [0.25, 0.3) is 0 Å². The standard InChI is InChI=1S/C14H23NO4/c16-13(17)7-11-1-4-15(9-11)12-2-5-19-14(8-12)3-6-18-10-14/h11-12H,1-10H2,(H,16,17). The van der Waals surface area contributed by atoms with Crippen molar-refractivity contribution in [2.45, 2.75) is 43.7 Å². The Bertz CT molecular complexity index is 340. The van der Waals surface area contributed by atoms with Crippen molar-refractivity contribution in [3.8, 4) is 0 Å². The van der Waals surface area contributed by atoms with Crippen LogP contribution in [0.4, 0.5) is 0 Å². The van der Waals surface area contributed by atoms with E-state index >= 15 is 0 Å². The lowest BCUT2D eigenvalue weighted by molar-refractivity contribution is -0.138. The Morgan fingerprint density at radius 2 is 2.26 bits per heavy atom. The first-order valence-corrected chi connectivity index (χ1v) is 7.34. The van der Waals surface area contributed by atoms with E-state index in [9.17, 15) is 4.79 Å². The molecular formula is C14H23NO4. The number of carboxylic acid groups (broad SMARTS) is 1. The Balaban J connectivity index is 1.56. The van der Waals surface area contributed by atoms with Crippen LogP contribution in [0.25, 0.3) is 0 Å². The predicted molar refractivity (Wildman–Crippen MR) is 69.1 cm³/mol. The van der Waals surface area contributed by atoms with Gasteiger partial charge in [-0.3, -0.25) is 9.69 Å². The highest BCUT2D eigenvalue weighted by molar-refractivity contribution is 5.67. The maximum absolute atomic E-state index is 10.8. The fourth-order valence-corrected chi connectivity index (χ4v) is 3.78. The first-order chi connectivity index (χ1) is 9.17. The van der Waals surface area contributed by atoms with Gasteiger partial charge >= 0.3 is 5.97 Å². The number of hydrogen-bond acceptors (Lipinski definition) is 4. The molecule has 0 bridgehead atoms. The van der Waals surface area contributed by atoms with Crippen LogP contribution in [0.1, 0.15) is 32.1 Å². The quantitative estimate of drug-likeness (QED) is 0.832. The molecule has 3 saturated heterocycles. The van der Waals surface area contributed by atoms with Gasteiger partial charge in [-0.05, 0) is 31.7 Å². The average Bonchev–Trinajstić information content (AvgIpc) is 2.99. The van der Waals surface area contributed by atoms with Gasteiger partial charge in [-0.15, -0.1) is 0 Å². The summed E-state index contributed by atoms with van der Waals surface area (Å²) in [5, 5.41) is 8.88. The van der Waals surface area contributed by atoms with E-state index in [4.69, 9.17) is 14.6 Å². The number of hydrogen-bond donors (Lipinski definition) is 1. The topological polar surface area (TPSA) is 59.0 Å². The summed E-state index contributed by atoms with van der Waals surface area (Å²) >= 11 is 0. The van der Waals surface area contributed by atoms with Gasteiger partial charge in [-0.25, -0.2) is 0 Å². The third kappa shape index (κ3) is 2.93. The number of rotatable bonds is 3. The lowest BCUT2D eigenvalue weighted by Gasteiger charge is -2.41. The van der Waals surface area contributed by atoms with E-state index in [1.54, 1.807) is 0 Å². The van der Waals surface area contributed by atoms with E-state index in [1.807, 2.05) is 0 Å². The van der Waals surface area contributed by atoms with Gasteiger partial charge in [0.2, 0.25) is 0 Å². The molecular weight excluding hydrogens is 246 g/mol. The van der Waals surface area contributed by atoms with Crippen LogP contribution < -0.4 is 0 Å². The molecule has 5 nitrogen and oxygen atoms in total. The highest BCUT2D eigenvalue weighted by Gasteiger charge is 2.43. The van der Waals surface area contributed by atoms with Gasteiger partial charge in [0.15, 0.2) is 0 Å². The zero-order valence-corrected chi connectivity index (χ0v) is 11.3. The third-order valence-corrected chi connectivity index (χ3v) is 4.83. The van der Waals surface area contributed by atoms with E-state index in [-0.39, 0.29) is 5.60 Å². The molecule has 3 aliphatic rings. The Morgan fingerprint density at radius 3 is 3.00 bits per heavy atom. The van der Waals surface area contributed by atoms with Gasteiger partial charge in [-0.2, -0.15) is 0 Å². The molecule has 0 amide bonds. The highest BCUT2D eigenvalue weighted by atomic mass is 16.6. The summed E-state index contributed by atoms with van der Waals surface area (Å²) in [6.07, 6.45) is 4.46. The van der Waals surface area contributed by atoms with Crippen LogP contribution >= 0.6 is 0 Å². The fraction of sp³-hybridized carbons (Fsp3) is 0.929. The Labute approximate surface area is 113 Å². The van der Waals surface area contributed by atoms with E-state index in [2.05, 4.69) is 4.90 Å². The number of carbonyl (C=O) groups is 1. The van der Waals surface area contributed by atoms with Gasteiger partial charge in [-0.1, -0.05) is 0 Å². The zero-order chi connectivity index (χ0) is 13.3. The van der Waals surface area contributed by atoms with Crippen molar-refractivity contribution in [2.24, 2.45) is 5.92 Å². The lowest BCUT2D eigenvalue weighted by Crippen LogP contribution is -2.48. The van der Waals surface area contributed by atoms with Gasteiger partial charge < -0.3 is 14.6 Å². The molecule has 0 radical (unpaired) electrons. The Morgan fingerprint density at radius 1 is 1.37 bits per heavy atom. The van der Waals surface area contributed by atoms with Crippen LogP contribution in [0, 0.1) is 5.92 Å². The molecule has 19 heavy (non-hydrogen) atoms. The fourth-order valence-electron chi connectivity index (χ4n) is 3.78. The molecule has 3 atom stereocenters. The largest absolute Gasteiger partial charge is 0.481 e. The number of likely N-dealkylation sites (tertiary alicyclic amines) is 1. The van der Waals surface area contributed by atoms with Crippen molar-refractivity contribution < 1.29 is 19.4 Å². The number of nitrogens with zero attached hydrogens (tertiary/aromatic N) is 1. The molecule has 0 aliphatic carbocycles. The van der Waals surface area contributed by atoms with Crippen LogP contribution in [0.2, 0.25) is 0 Å². The summed E-state index contributed by atoms with van der Waals surface area (Å²) in [6.45, 7) is 4.34. The summed E-state index contributed by atoms with van der Waals surface area (Å²) < 4.78 is 11.5. The van der Waals surface area contributed by atoms with E-state index < -0.39 is 5.97 Å². The summed E-state index contributed by atoms with van der Waals surface area (Å²) in [6, 6.07) is 0.550. The molecule has 3 heterocycles. The van der Waals surface area contributed by atoms with Crippen molar-refractivity contribution in [1.29, 1.82) is 0 Å². The van der Waals surface area contributed by atoms with Crippen molar-refractivity contribution in [3.05, 3.63) is 0 Å². The number of carboxylic acids is 1. The van der Waals surface area contributed by atoms with E-state index in [0.717, 1.165) is 58.6 Å². The molecule has 1 N–H and O–H groups in total. The Kier molecular flexibility index (Phi) is 3.78. The molecule has 3 rings (SSSR count). The van der Waals surface area contributed by atoms with Crippen LogP contribution in [-0.4, -0.2) is 60.5 Å². The van der Waals surface area contributed by atoms with Gasteiger partial charge in [0, 0.05) is 38.6 Å². The van der Waals surface area contributed by atoms with Crippen LogP contribution in [-0.2, 0) is 14.3 Å². The smallest absolute Gasteiger partial charge is 0.303 e. The number of ether oxygens (including phenoxy) is 2. The summed E-state index contributed by atoms with van der Waals surface area (Å²) in [7, 11) is 0. The zero-order valence-electron chi connectivity index (χ0n) is 11.3. The molecule has 3 fully saturated rings. The first-order valence-electron chi connectivity index (χ1n) is 7.34. The predicted octanol–water partition coefficient (Wildman–Crippen LogP) is 1.12. The van der Waals surface area contributed by atoms with E-state index in [0.29, 0.717) is 18.4 Å². The third-order valence-electron chi connectivity index (χ3n) is 4.83. The van der Waals surface area contributed by atoms with Crippen LogP contribution in [0.5, 0.6) is 0 Å². The molecule has 3 unspecified atom stereocenters. The van der Waals surface area contributed by atoms with Gasteiger partial charge in [0.1, 0.15) is 0 Å². The van der Waals surface area contributed by atoms with Crippen LogP contribution in [0.3, 0.4) is 0 Å². The second-order valence-electron chi connectivity index (χ2n) is 6.23. The highest BCUT2D eigenvalue weighted by Crippen LogP contribution is 2.36. The van der Waals surface area contributed by atoms with Crippen LogP contribution in [0.15, 0.2) is 0 Å². The summed E-state index contributed by atoms with van der Waals surface area (Å²) in [4.78, 5) is 13.3. The second kappa shape index (κ2) is 5.38.